The third kappa shape index (κ3) is 20.6. The van der Waals surface area contributed by atoms with Crippen LogP contribution in [0.25, 0.3) is 43.6 Å². The van der Waals surface area contributed by atoms with Crippen LogP contribution in [0, 0.1) is 0 Å². The van der Waals surface area contributed by atoms with Crippen molar-refractivity contribution in [2.45, 2.75) is 33.9 Å². The first-order chi connectivity index (χ1) is 39.9. The number of imide groups is 2. The van der Waals surface area contributed by atoms with Crippen molar-refractivity contribution in [3.63, 3.8) is 0 Å². The summed E-state index contributed by atoms with van der Waals surface area (Å²) >= 11 is 31.4. The van der Waals surface area contributed by atoms with E-state index in [-0.39, 0.29) is 232 Å². The van der Waals surface area contributed by atoms with Crippen LogP contribution in [0.5, 0.6) is 0 Å². The van der Waals surface area contributed by atoms with Gasteiger partial charge in [-0.1, -0.05) is 154 Å². The van der Waals surface area contributed by atoms with Gasteiger partial charge in [0.15, 0.2) is 6.29 Å². The average molecular weight is 1750 g/mol. The molecule has 3 aliphatic heterocycles. The second-order valence-corrected chi connectivity index (χ2v) is 22.1. The van der Waals surface area contributed by atoms with Gasteiger partial charge in [-0.2, -0.15) is 0 Å². The predicted octanol–water partition coefficient (Wildman–Crippen LogP) is 4.61. The van der Waals surface area contributed by atoms with E-state index in [0.717, 1.165) is 66.9 Å². The number of aromatic nitrogens is 4. The molecular formula is C59H42BBr4Cl3Cs2N6NaO12. The number of aliphatic hydroxyl groups excluding tert-OH is 1. The molecule has 6 aromatic carbocycles. The molecule has 0 atom stereocenters. The zero-order valence-corrected chi connectivity index (χ0v) is 68.9. The van der Waals surface area contributed by atoms with Gasteiger partial charge in [0, 0.05) is 64.5 Å². The van der Waals surface area contributed by atoms with Crippen LogP contribution in [0.15, 0.2) is 163 Å². The van der Waals surface area contributed by atoms with E-state index in [1.807, 2.05) is 78.9 Å². The Morgan fingerprint density at radius 2 is 0.943 bits per heavy atom. The molecular weight excluding hydrogens is 1710 g/mol. The molecule has 3 aliphatic rings. The first-order valence-electron chi connectivity index (χ1n) is 23.9. The molecule has 18 nitrogen and oxygen atoms in total. The summed E-state index contributed by atoms with van der Waals surface area (Å²) in [6.07, 6.45) is 0.705. The van der Waals surface area contributed by atoms with Crippen LogP contribution >= 0.6 is 98.5 Å². The van der Waals surface area contributed by atoms with E-state index in [2.05, 4.69) is 101 Å². The number of pyridine rings is 4. The number of carbonyl (C=O) groups excluding carboxylic acids is 6. The van der Waals surface area contributed by atoms with Crippen LogP contribution in [0.4, 0.5) is 0 Å². The fourth-order valence-corrected chi connectivity index (χ4v) is 10.1. The van der Waals surface area contributed by atoms with Crippen molar-refractivity contribution >= 4 is 187 Å². The molecule has 2 N–H and O–H groups in total. The van der Waals surface area contributed by atoms with Crippen LogP contribution in [0.3, 0.4) is 0 Å². The second-order valence-electron chi connectivity index (χ2n) is 17.3. The molecule has 0 bridgehead atoms. The monoisotopic (exact) mass is 1750 g/mol. The summed E-state index contributed by atoms with van der Waals surface area (Å²) in [6, 6.07) is 43.6. The minimum absolute atomic E-state index is 0. The Morgan fingerprint density at radius 3 is 1.36 bits per heavy atom. The summed E-state index contributed by atoms with van der Waals surface area (Å²) in [6.45, 7) is 1.05. The summed E-state index contributed by atoms with van der Waals surface area (Å²) < 4.78 is 9.21. The largest absolute Gasteiger partial charge is 1.00 e. The molecule has 29 heteroatoms. The van der Waals surface area contributed by atoms with Crippen LogP contribution < -0.4 is 173 Å². The van der Waals surface area contributed by atoms with Crippen LogP contribution in [0.2, 0.25) is 15.5 Å². The van der Waals surface area contributed by atoms with Crippen LogP contribution in [-0.4, -0.2) is 85.2 Å². The summed E-state index contributed by atoms with van der Waals surface area (Å²) in [5.74, 6) is -2.27. The van der Waals surface area contributed by atoms with Crippen molar-refractivity contribution in [1.82, 2.24) is 30.1 Å². The number of amides is 4. The van der Waals surface area contributed by atoms with Crippen molar-refractivity contribution in [1.29, 1.82) is 0 Å². The number of aldehydes is 1. The number of benzene rings is 6. The number of hydrogen-bond donors (Lipinski definition) is 2. The molecule has 0 aliphatic carbocycles. The first-order valence-corrected chi connectivity index (χ1v) is 28.2. The molecule has 0 spiro atoms. The molecule has 4 amide bonds. The van der Waals surface area contributed by atoms with E-state index in [1.165, 1.54) is 23.1 Å². The maximum absolute atomic E-state index is 12.3. The fourth-order valence-electron chi connectivity index (χ4n) is 8.08. The number of ether oxygens (including phenoxy) is 1. The van der Waals surface area contributed by atoms with E-state index in [0.29, 0.717) is 52.5 Å². The van der Waals surface area contributed by atoms with E-state index < -0.39 is 23.6 Å². The second kappa shape index (κ2) is 38.5. The smallest absolute Gasteiger partial charge is 1.00 e. The first kappa shape index (κ1) is 80.4. The molecule has 0 saturated heterocycles. The van der Waals surface area contributed by atoms with E-state index in [4.69, 9.17) is 64.7 Å². The summed E-state index contributed by atoms with van der Waals surface area (Å²) in [5, 5.41) is 32.1. The van der Waals surface area contributed by atoms with Crippen molar-refractivity contribution in [3.8, 4) is 0 Å². The number of nitrogens with zero attached hydrogens (tertiary/aromatic N) is 6. The van der Waals surface area contributed by atoms with Crippen molar-refractivity contribution in [2.24, 2.45) is 0 Å². The van der Waals surface area contributed by atoms with Crippen molar-refractivity contribution < 1.29 is 229 Å². The van der Waals surface area contributed by atoms with Gasteiger partial charge in [0.05, 0.1) is 75.4 Å². The average Bonchev–Trinajstić information content (AvgIpc) is 1.65. The van der Waals surface area contributed by atoms with Gasteiger partial charge in [0.25, 0.3) is 30.1 Å². The summed E-state index contributed by atoms with van der Waals surface area (Å²) in [5.41, 5.74) is 8.51. The maximum atomic E-state index is 12.3. The Morgan fingerprint density at radius 1 is 0.568 bits per heavy atom. The van der Waals surface area contributed by atoms with Crippen LogP contribution in [0.1, 0.15) is 84.5 Å². The molecule has 10 aromatic rings. The predicted molar refractivity (Wildman–Crippen MR) is 335 cm³/mol. The third-order valence-electron chi connectivity index (χ3n) is 12.0. The van der Waals surface area contributed by atoms with Gasteiger partial charge in [-0.25, -0.2) is 19.9 Å². The molecule has 0 fully saturated rings. The minimum atomic E-state index is -0.657. The summed E-state index contributed by atoms with van der Waals surface area (Å²) in [7, 11) is 0. The van der Waals surface area contributed by atoms with E-state index in [1.54, 1.807) is 42.5 Å². The number of halogens is 7. The van der Waals surface area contributed by atoms with Crippen molar-refractivity contribution in [3.05, 3.63) is 229 Å². The van der Waals surface area contributed by atoms with E-state index in [9.17, 15) is 24.0 Å². The Bertz CT molecular complexity index is 4140. The number of hydroxylamine groups is 4. The van der Waals surface area contributed by atoms with Gasteiger partial charge >= 0.3 is 167 Å². The minimum Gasteiger partial charge on any atom is -1.00 e. The quantitative estimate of drug-likeness (QED) is 0.0439. The molecule has 0 saturated carbocycles. The Balaban J connectivity index is 0.000000557. The number of rotatable bonds is 6. The zero-order chi connectivity index (χ0) is 59.5. The van der Waals surface area contributed by atoms with Gasteiger partial charge in [0.1, 0.15) is 22.1 Å². The SMILES string of the molecule is Brc1ccc2cc3c(nc2c1)COC3.C.O=C1c2ccccc2C(=O)N1O.O=C1c2ccccc2C(=O)N1OCc1cc2ccc(Br)cc2nc1Cl.O=CO[O-].O=Cc1cc2ccc(Br)cc2nc1Cl.OCc1cc2ccc(Br)cc2nc1Cl.[B].[Cs+].[Cs+].[H-].[H-].[Na+]. The van der Waals surface area contributed by atoms with E-state index >= 15 is 0 Å². The van der Waals surface area contributed by atoms with Gasteiger partial charge in [-0.15, -0.1) is 10.1 Å². The molecule has 7 heterocycles. The number of carbonyl (C=O) groups is 6. The van der Waals surface area contributed by atoms with Crippen molar-refractivity contribution in [2.75, 3.05) is 0 Å². The molecule has 0 unspecified atom stereocenters. The number of aliphatic hydroxyl groups is 1. The topological polar surface area (TPSA) is 252 Å². The van der Waals surface area contributed by atoms with Gasteiger partial charge in [-0.3, -0.25) is 38.8 Å². The van der Waals surface area contributed by atoms with Gasteiger partial charge < -0.3 is 22.8 Å². The molecule has 3 radical (unpaired) electrons. The molecule has 435 valence electrons. The summed E-state index contributed by atoms with van der Waals surface area (Å²) in [4.78, 5) is 91.2. The molecule has 88 heavy (non-hydrogen) atoms. The normalized spacial score (nSPS) is 11.9. The molecule has 4 aromatic heterocycles. The fraction of sp³-hybridized carbons (Fsp3) is 0.0847. The maximum Gasteiger partial charge on any atom is 1.00 e. The third-order valence-corrected chi connectivity index (χ3v) is 15.0. The Labute approximate surface area is 696 Å². The van der Waals surface area contributed by atoms with Gasteiger partial charge in [-0.05, 0) is 97.1 Å². The Hall–Kier alpha value is -1.86. The Kier molecular flexibility index (Phi) is 35.2. The standard InChI is InChI=1S/C18H10BrClN2O3.C11H8BrNO.C10H7BrClNO.C10H5BrClNO.C8H5NO3.CH2O3.CH4.B.2Cs.Na.2H/c19-12-6-5-10-7-11(16(20)21-15(10)8-12)9-25-22-17(23)13-3-1-2-4-14(13)18(22)24;12-9-2-1-7-3-8-5-14-6-11(8)13-10(7)4-9;2*11-8-2-1-6-3-7(5-14)10(12)13-9(6)4-8;10-7-5-3-1-2-4-6(5)8(11)9(7)12;2-1-4-3;;;;;;;/h1-8H,9H2;1-4H,5-6H2;1-4,14H,5H2;1-5H;1-4,12H;1,3H;1H4;;;;;;/q;;;;;;;;3*+1;2*-1/p-1. The number of hydrogen-bond acceptors (Lipinski definition) is 16. The zero-order valence-electron chi connectivity index (χ0n) is 47.7. The number of fused-ring (bicyclic) bond motifs is 7. The van der Waals surface area contributed by atoms with Gasteiger partial charge in [0.2, 0.25) is 0 Å². The molecule has 13 rings (SSSR count). The van der Waals surface area contributed by atoms with Crippen LogP contribution in [-0.2, 0) is 45.7 Å².